The number of anilines is 1. The minimum Gasteiger partial charge on any atom is -0.378 e. The fraction of sp³-hybridized carbons (Fsp3) is 0.304. The number of aromatic nitrogens is 3. The quantitative estimate of drug-likeness (QED) is 0.700. The molecule has 0 saturated heterocycles. The molecule has 0 saturated carbocycles. The van der Waals surface area contributed by atoms with Gasteiger partial charge in [-0.05, 0) is 73.3 Å². The van der Waals surface area contributed by atoms with E-state index in [-0.39, 0.29) is 11.9 Å². The monoisotopic (exact) mass is 389 g/mol. The molecule has 5 rings (SSSR count). The maximum atomic E-state index is 13.4. The first kappa shape index (κ1) is 18.1. The molecule has 29 heavy (non-hydrogen) atoms. The molecule has 0 spiro atoms. The van der Waals surface area contributed by atoms with E-state index in [0.29, 0.717) is 0 Å². The van der Waals surface area contributed by atoms with Gasteiger partial charge < -0.3 is 10.6 Å². The Hall–Kier alpha value is -2.99. The number of nitrogens with zero attached hydrogens (tertiary/aromatic N) is 3. The van der Waals surface area contributed by atoms with E-state index in [9.17, 15) is 4.39 Å². The van der Waals surface area contributed by atoms with Crippen LogP contribution >= 0.6 is 0 Å². The molecule has 0 aliphatic carbocycles. The van der Waals surface area contributed by atoms with Crippen LogP contribution in [-0.2, 0) is 6.54 Å². The van der Waals surface area contributed by atoms with Gasteiger partial charge in [0.1, 0.15) is 5.82 Å². The molecule has 0 bridgehead atoms. The second-order valence-corrected chi connectivity index (χ2v) is 7.72. The van der Waals surface area contributed by atoms with Crippen LogP contribution in [0.2, 0.25) is 0 Å². The zero-order chi connectivity index (χ0) is 19.8. The SMILES string of the molecule is Cc1nnn2c1-c1ccc(C3=CCNCC3)cc1C(Nc1ccc(F)cc1)CC2. The third kappa shape index (κ3) is 3.44. The molecule has 0 fully saturated rings. The molecule has 1 unspecified atom stereocenters. The van der Waals surface area contributed by atoms with Crippen LogP contribution in [0.25, 0.3) is 16.8 Å². The standard InChI is InChI=1S/C23H24FN5/c1-15-23-20-7-2-17(16-8-11-25-12-9-16)14-21(20)22(10-13-29(23)28-27-15)26-19-5-3-18(24)4-6-19/h2-8,14,22,25-26H,9-13H2,1H3. The number of rotatable bonds is 3. The lowest BCUT2D eigenvalue weighted by Gasteiger charge is -2.22. The predicted octanol–water partition coefficient (Wildman–Crippen LogP) is 4.33. The van der Waals surface area contributed by atoms with Gasteiger partial charge in [0, 0.05) is 24.3 Å². The molecule has 6 heteroatoms. The van der Waals surface area contributed by atoms with Gasteiger partial charge in [-0.1, -0.05) is 23.4 Å². The van der Waals surface area contributed by atoms with Gasteiger partial charge >= 0.3 is 0 Å². The minimum absolute atomic E-state index is 0.110. The molecule has 2 N–H and O–H groups in total. The van der Waals surface area contributed by atoms with Crippen LogP contribution in [0, 0.1) is 12.7 Å². The Labute approximate surface area is 169 Å². The maximum absolute atomic E-state index is 13.4. The van der Waals surface area contributed by atoms with E-state index in [1.54, 1.807) is 12.1 Å². The van der Waals surface area contributed by atoms with E-state index < -0.39 is 0 Å². The van der Waals surface area contributed by atoms with Gasteiger partial charge in [-0.2, -0.15) is 0 Å². The summed E-state index contributed by atoms with van der Waals surface area (Å²) in [5.74, 6) is -0.223. The Bertz CT molecular complexity index is 1070. The van der Waals surface area contributed by atoms with Gasteiger partial charge in [-0.15, -0.1) is 5.10 Å². The summed E-state index contributed by atoms with van der Waals surface area (Å²) in [7, 11) is 0. The number of nitrogens with one attached hydrogen (secondary N) is 2. The molecule has 2 aromatic carbocycles. The molecule has 2 aliphatic heterocycles. The largest absolute Gasteiger partial charge is 0.378 e. The summed E-state index contributed by atoms with van der Waals surface area (Å²) in [5, 5.41) is 15.7. The van der Waals surface area contributed by atoms with E-state index in [2.05, 4.69) is 45.2 Å². The fourth-order valence-corrected chi connectivity index (χ4v) is 4.35. The molecular formula is C23H24FN5. The molecule has 0 amide bonds. The lowest BCUT2D eigenvalue weighted by atomic mass is 9.90. The Morgan fingerprint density at radius 1 is 1.17 bits per heavy atom. The van der Waals surface area contributed by atoms with Gasteiger partial charge in [-0.3, -0.25) is 0 Å². The first-order valence-corrected chi connectivity index (χ1v) is 10.2. The average molecular weight is 389 g/mol. The summed E-state index contributed by atoms with van der Waals surface area (Å²) in [4.78, 5) is 0. The van der Waals surface area contributed by atoms with Crippen LogP contribution in [0.3, 0.4) is 0 Å². The van der Waals surface area contributed by atoms with Crippen LogP contribution in [-0.4, -0.2) is 28.1 Å². The van der Waals surface area contributed by atoms with Crippen molar-refractivity contribution in [1.82, 2.24) is 20.3 Å². The van der Waals surface area contributed by atoms with Crippen LogP contribution in [0.1, 0.15) is 35.7 Å². The summed E-state index contributed by atoms with van der Waals surface area (Å²) in [6, 6.07) is 13.4. The van der Waals surface area contributed by atoms with E-state index in [1.165, 1.54) is 34.4 Å². The fourth-order valence-electron chi connectivity index (χ4n) is 4.35. The van der Waals surface area contributed by atoms with Gasteiger partial charge in [-0.25, -0.2) is 9.07 Å². The zero-order valence-corrected chi connectivity index (χ0v) is 16.5. The van der Waals surface area contributed by atoms with Crippen molar-refractivity contribution < 1.29 is 4.39 Å². The number of hydrogen-bond donors (Lipinski definition) is 2. The Morgan fingerprint density at radius 2 is 2.03 bits per heavy atom. The van der Waals surface area contributed by atoms with Crippen molar-refractivity contribution in [2.45, 2.75) is 32.4 Å². The molecular weight excluding hydrogens is 365 g/mol. The topological polar surface area (TPSA) is 54.8 Å². The molecule has 2 aliphatic rings. The predicted molar refractivity (Wildman–Crippen MR) is 113 cm³/mol. The molecule has 3 heterocycles. The van der Waals surface area contributed by atoms with Gasteiger partial charge in [0.2, 0.25) is 0 Å². The van der Waals surface area contributed by atoms with Crippen molar-refractivity contribution in [3.63, 3.8) is 0 Å². The number of benzene rings is 2. The van der Waals surface area contributed by atoms with Crippen molar-refractivity contribution in [2.75, 3.05) is 18.4 Å². The van der Waals surface area contributed by atoms with Gasteiger partial charge in [0.05, 0.1) is 17.4 Å². The summed E-state index contributed by atoms with van der Waals surface area (Å²) < 4.78 is 15.4. The summed E-state index contributed by atoms with van der Waals surface area (Å²) in [6.45, 7) is 4.72. The van der Waals surface area contributed by atoms with E-state index >= 15 is 0 Å². The minimum atomic E-state index is -0.223. The highest BCUT2D eigenvalue weighted by molar-refractivity contribution is 5.74. The summed E-state index contributed by atoms with van der Waals surface area (Å²) in [5.41, 5.74) is 8.03. The third-order valence-electron chi connectivity index (χ3n) is 5.84. The number of fused-ring (bicyclic) bond motifs is 3. The second-order valence-electron chi connectivity index (χ2n) is 7.72. The van der Waals surface area contributed by atoms with Crippen LogP contribution in [0.15, 0.2) is 48.5 Å². The van der Waals surface area contributed by atoms with Gasteiger partial charge in [0.25, 0.3) is 0 Å². The van der Waals surface area contributed by atoms with E-state index in [0.717, 1.165) is 49.6 Å². The molecule has 1 atom stereocenters. The van der Waals surface area contributed by atoms with Crippen molar-refractivity contribution >= 4 is 11.3 Å². The highest BCUT2D eigenvalue weighted by Crippen LogP contribution is 2.38. The van der Waals surface area contributed by atoms with Crippen molar-refractivity contribution in [1.29, 1.82) is 0 Å². The molecule has 1 aromatic heterocycles. The van der Waals surface area contributed by atoms with Crippen LogP contribution in [0.5, 0.6) is 0 Å². The molecule has 148 valence electrons. The Morgan fingerprint density at radius 3 is 2.83 bits per heavy atom. The number of hydrogen-bond acceptors (Lipinski definition) is 4. The Balaban J connectivity index is 1.59. The lowest BCUT2D eigenvalue weighted by molar-refractivity contribution is 0.539. The van der Waals surface area contributed by atoms with Crippen molar-refractivity contribution in [3.05, 3.63) is 71.2 Å². The number of aryl methyl sites for hydroxylation is 2. The lowest BCUT2D eigenvalue weighted by Crippen LogP contribution is -2.20. The first-order chi connectivity index (χ1) is 14.2. The van der Waals surface area contributed by atoms with E-state index in [4.69, 9.17) is 0 Å². The molecule has 5 nitrogen and oxygen atoms in total. The zero-order valence-electron chi connectivity index (χ0n) is 16.5. The molecule has 3 aromatic rings. The molecule has 0 radical (unpaired) electrons. The summed E-state index contributed by atoms with van der Waals surface area (Å²) in [6.07, 6.45) is 4.19. The average Bonchev–Trinajstić information content (AvgIpc) is 3.05. The number of halogens is 1. The Kier molecular flexibility index (Phi) is 4.64. The van der Waals surface area contributed by atoms with Crippen LogP contribution < -0.4 is 10.6 Å². The summed E-state index contributed by atoms with van der Waals surface area (Å²) >= 11 is 0. The highest BCUT2D eigenvalue weighted by atomic mass is 19.1. The second kappa shape index (κ2) is 7.44. The van der Waals surface area contributed by atoms with Crippen molar-refractivity contribution in [3.8, 4) is 11.3 Å². The third-order valence-corrected chi connectivity index (χ3v) is 5.84. The highest BCUT2D eigenvalue weighted by Gasteiger charge is 2.26. The first-order valence-electron chi connectivity index (χ1n) is 10.2. The van der Waals surface area contributed by atoms with Gasteiger partial charge in [0.15, 0.2) is 0 Å². The van der Waals surface area contributed by atoms with Crippen molar-refractivity contribution in [2.24, 2.45) is 0 Å². The normalized spacial score (nSPS) is 18.4. The maximum Gasteiger partial charge on any atom is 0.123 e. The van der Waals surface area contributed by atoms with Crippen LogP contribution in [0.4, 0.5) is 10.1 Å². The van der Waals surface area contributed by atoms with E-state index in [1.807, 2.05) is 11.6 Å². The smallest absolute Gasteiger partial charge is 0.123 e.